The van der Waals surface area contributed by atoms with Gasteiger partial charge >= 0.3 is 6.03 Å². The molecule has 0 saturated carbocycles. The van der Waals surface area contributed by atoms with Crippen LogP contribution in [0.3, 0.4) is 0 Å². The molecule has 0 spiro atoms. The second-order valence-electron chi connectivity index (χ2n) is 6.32. The molecule has 2 fully saturated rings. The van der Waals surface area contributed by atoms with Gasteiger partial charge in [0.15, 0.2) is 0 Å². The molecule has 1 aromatic carbocycles. The first-order valence-electron chi connectivity index (χ1n) is 8.64. The van der Waals surface area contributed by atoms with Gasteiger partial charge in [0, 0.05) is 13.1 Å². The highest BCUT2D eigenvalue weighted by Gasteiger charge is 2.46. The molecule has 2 saturated heterocycles. The maximum atomic E-state index is 12.2. The summed E-state index contributed by atoms with van der Waals surface area (Å²) < 4.78 is 0. The third-order valence-corrected chi connectivity index (χ3v) is 4.70. The fraction of sp³-hybridized carbons (Fsp3) is 0.556. The Balaban J connectivity index is 0.00000208. The molecule has 132 valence electrons. The number of carbonyl (C=O) groups excluding carboxylic acids is 2. The summed E-state index contributed by atoms with van der Waals surface area (Å²) in [5, 5.41) is 3.42. The molecule has 2 aliphatic heterocycles. The van der Waals surface area contributed by atoms with Gasteiger partial charge in [0.25, 0.3) is 5.91 Å². The number of hydrogen-bond donors (Lipinski definition) is 1. The maximum absolute atomic E-state index is 12.2. The van der Waals surface area contributed by atoms with Crippen LogP contribution < -0.4 is 5.32 Å². The molecule has 0 aliphatic carbocycles. The lowest BCUT2D eigenvalue weighted by Gasteiger charge is -2.15. The largest absolute Gasteiger partial charge is 0.327 e. The topological polar surface area (TPSA) is 52.7 Å². The van der Waals surface area contributed by atoms with E-state index in [1.807, 2.05) is 6.07 Å². The van der Waals surface area contributed by atoms with Crippen molar-refractivity contribution in [2.75, 3.05) is 26.2 Å². The zero-order valence-electron chi connectivity index (χ0n) is 13.9. The molecule has 0 aromatic heterocycles. The number of hydrogen-bond acceptors (Lipinski definition) is 3. The van der Waals surface area contributed by atoms with Gasteiger partial charge < -0.3 is 10.2 Å². The molecule has 1 unspecified atom stereocenters. The van der Waals surface area contributed by atoms with Crippen molar-refractivity contribution in [1.82, 2.24) is 15.1 Å². The average Bonchev–Trinajstić information content (AvgIpc) is 3.14. The van der Waals surface area contributed by atoms with Crippen LogP contribution in [0.25, 0.3) is 0 Å². The molecule has 3 amide bonds. The zero-order valence-corrected chi connectivity index (χ0v) is 14.8. The van der Waals surface area contributed by atoms with Crippen molar-refractivity contribution >= 4 is 24.3 Å². The van der Waals surface area contributed by atoms with Gasteiger partial charge in [-0.05, 0) is 50.8 Å². The number of benzene rings is 1. The van der Waals surface area contributed by atoms with E-state index < -0.39 is 0 Å². The monoisotopic (exact) mass is 351 g/mol. The number of nitrogens with zero attached hydrogens (tertiary/aromatic N) is 2. The molecule has 0 bridgehead atoms. The predicted molar refractivity (Wildman–Crippen MR) is 96.3 cm³/mol. The first-order chi connectivity index (χ1) is 11.3. The minimum Gasteiger partial charge on any atom is -0.316 e. The Morgan fingerprint density at radius 1 is 1.08 bits per heavy atom. The van der Waals surface area contributed by atoms with Crippen LogP contribution in [0.4, 0.5) is 4.79 Å². The second-order valence-corrected chi connectivity index (χ2v) is 6.32. The van der Waals surface area contributed by atoms with E-state index in [2.05, 4.69) is 29.6 Å². The van der Waals surface area contributed by atoms with E-state index in [1.165, 1.54) is 10.5 Å². The fourth-order valence-corrected chi connectivity index (χ4v) is 3.41. The van der Waals surface area contributed by atoms with Crippen LogP contribution in [-0.2, 0) is 11.2 Å². The third kappa shape index (κ3) is 4.28. The quantitative estimate of drug-likeness (QED) is 0.578. The van der Waals surface area contributed by atoms with Gasteiger partial charge in [-0.3, -0.25) is 9.69 Å². The van der Waals surface area contributed by atoms with E-state index in [9.17, 15) is 9.59 Å². The van der Waals surface area contributed by atoms with Crippen LogP contribution in [0, 0.1) is 0 Å². The molecule has 1 atom stereocenters. The molecule has 24 heavy (non-hydrogen) atoms. The summed E-state index contributed by atoms with van der Waals surface area (Å²) >= 11 is 0. The first kappa shape index (κ1) is 18.7. The van der Waals surface area contributed by atoms with Crippen molar-refractivity contribution in [3.63, 3.8) is 0 Å². The second kappa shape index (κ2) is 9.04. The number of unbranched alkanes of at least 4 members (excludes halogenated alkanes) is 1. The number of imide groups is 1. The Kier molecular flexibility index (Phi) is 7.06. The summed E-state index contributed by atoms with van der Waals surface area (Å²) in [7, 11) is 0. The number of rotatable bonds is 8. The van der Waals surface area contributed by atoms with Crippen LogP contribution >= 0.6 is 12.4 Å². The minimum absolute atomic E-state index is 0. The van der Waals surface area contributed by atoms with Gasteiger partial charge in [-0.25, -0.2) is 4.79 Å². The summed E-state index contributed by atoms with van der Waals surface area (Å²) in [4.78, 5) is 27.5. The van der Waals surface area contributed by atoms with Crippen molar-refractivity contribution in [3.8, 4) is 0 Å². The van der Waals surface area contributed by atoms with E-state index in [4.69, 9.17) is 0 Å². The molecule has 3 rings (SSSR count). The Morgan fingerprint density at radius 3 is 2.62 bits per heavy atom. The Hall–Kier alpha value is -1.59. The number of amides is 3. The van der Waals surface area contributed by atoms with Gasteiger partial charge in [0.05, 0.1) is 0 Å². The predicted octanol–water partition coefficient (Wildman–Crippen LogP) is 2.45. The van der Waals surface area contributed by atoms with Crippen LogP contribution in [0.2, 0.25) is 0 Å². The SMILES string of the molecule is Cl.O=C1C2CCCN2C(=O)N1CCCCNCCc1ccccc1. The van der Waals surface area contributed by atoms with Crippen LogP contribution in [-0.4, -0.2) is 54.0 Å². The Bertz CT molecular complexity index is 530. The Labute approximate surface area is 149 Å². The van der Waals surface area contributed by atoms with Crippen molar-refractivity contribution in [2.45, 2.75) is 38.1 Å². The molecule has 1 N–H and O–H groups in total. The number of fused-ring (bicyclic) bond motifs is 1. The van der Waals surface area contributed by atoms with E-state index in [-0.39, 0.29) is 30.4 Å². The number of nitrogens with one attached hydrogen (secondary N) is 1. The summed E-state index contributed by atoms with van der Waals surface area (Å²) in [6, 6.07) is 10.2. The van der Waals surface area contributed by atoms with E-state index in [0.29, 0.717) is 6.54 Å². The van der Waals surface area contributed by atoms with Crippen molar-refractivity contribution < 1.29 is 9.59 Å². The molecule has 0 radical (unpaired) electrons. The van der Waals surface area contributed by atoms with E-state index in [0.717, 1.165) is 51.7 Å². The standard InChI is InChI=1S/C18H25N3O2.ClH/c22-17-16-9-6-14-20(16)18(23)21(17)13-5-4-11-19-12-10-15-7-2-1-3-8-15;/h1-3,7-8,16,19H,4-6,9-14H2;1H. The number of halogens is 1. The maximum Gasteiger partial charge on any atom is 0.327 e. The lowest BCUT2D eigenvalue weighted by atomic mass is 10.1. The first-order valence-corrected chi connectivity index (χ1v) is 8.64. The van der Waals surface area contributed by atoms with Crippen molar-refractivity contribution in [3.05, 3.63) is 35.9 Å². The van der Waals surface area contributed by atoms with Gasteiger partial charge in [-0.15, -0.1) is 12.4 Å². The highest BCUT2D eigenvalue weighted by atomic mass is 35.5. The summed E-state index contributed by atoms with van der Waals surface area (Å²) in [5.41, 5.74) is 1.34. The number of carbonyl (C=O) groups is 2. The smallest absolute Gasteiger partial charge is 0.316 e. The highest BCUT2D eigenvalue weighted by Crippen LogP contribution is 2.27. The minimum atomic E-state index is -0.161. The zero-order chi connectivity index (χ0) is 16.1. The number of urea groups is 1. The molecule has 5 nitrogen and oxygen atoms in total. The van der Waals surface area contributed by atoms with Crippen LogP contribution in [0.1, 0.15) is 31.2 Å². The third-order valence-electron chi connectivity index (χ3n) is 4.70. The van der Waals surface area contributed by atoms with Crippen molar-refractivity contribution in [2.24, 2.45) is 0 Å². The molecule has 2 heterocycles. The van der Waals surface area contributed by atoms with Gasteiger partial charge in [-0.1, -0.05) is 30.3 Å². The van der Waals surface area contributed by atoms with Crippen LogP contribution in [0.5, 0.6) is 0 Å². The summed E-state index contributed by atoms with van der Waals surface area (Å²) in [6.07, 6.45) is 4.68. The van der Waals surface area contributed by atoms with Gasteiger partial charge in [-0.2, -0.15) is 0 Å². The summed E-state index contributed by atoms with van der Waals surface area (Å²) in [5.74, 6) is 0.0181. The molecular formula is C18H26ClN3O2. The average molecular weight is 352 g/mol. The molecule has 2 aliphatic rings. The normalized spacial score (nSPS) is 19.6. The lowest BCUT2D eigenvalue weighted by Crippen LogP contribution is -2.34. The Morgan fingerprint density at radius 2 is 1.88 bits per heavy atom. The van der Waals surface area contributed by atoms with Crippen LogP contribution in [0.15, 0.2) is 30.3 Å². The summed E-state index contributed by atoms with van der Waals surface area (Å²) in [6.45, 7) is 3.19. The van der Waals surface area contributed by atoms with E-state index >= 15 is 0 Å². The lowest BCUT2D eigenvalue weighted by molar-refractivity contribution is -0.128. The van der Waals surface area contributed by atoms with E-state index in [1.54, 1.807) is 4.90 Å². The molecule has 6 heteroatoms. The fourth-order valence-electron chi connectivity index (χ4n) is 3.41. The van der Waals surface area contributed by atoms with Gasteiger partial charge in [0.2, 0.25) is 0 Å². The van der Waals surface area contributed by atoms with Gasteiger partial charge in [0.1, 0.15) is 6.04 Å². The van der Waals surface area contributed by atoms with Crippen molar-refractivity contribution in [1.29, 1.82) is 0 Å². The highest BCUT2D eigenvalue weighted by molar-refractivity contribution is 6.04. The molecular weight excluding hydrogens is 326 g/mol. The molecule has 1 aromatic rings.